The van der Waals surface area contributed by atoms with Crippen LogP contribution in [0.3, 0.4) is 0 Å². The summed E-state index contributed by atoms with van der Waals surface area (Å²) in [6, 6.07) is 6.01. The third kappa shape index (κ3) is 8.69. The summed E-state index contributed by atoms with van der Waals surface area (Å²) >= 11 is 0. The number of guanidine groups is 1. The molecule has 0 bridgehead atoms. The molecular weight excluding hydrogens is 311 g/mol. The van der Waals surface area contributed by atoms with Gasteiger partial charge in [-0.2, -0.15) is 0 Å². The molecule has 0 aliphatic carbocycles. The zero-order chi connectivity index (χ0) is 17.8. The van der Waals surface area contributed by atoms with E-state index in [1.807, 2.05) is 6.92 Å². The molecule has 0 aliphatic rings. The highest BCUT2D eigenvalue weighted by atomic mass is 19.1. The van der Waals surface area contributed by atoms with Crippen LogP contribution >= 0.6 is 0 Å². The first kappa shape index (κ1) is 20.2. The molecule has 7 heteroatoms. The number of halogens is 1. The summed E-state index contributed by atoms with van der Waals surface area (Å²) in [6.07, 6.45) is -0.0709. The van der Waals surface area contributed by atoms with Crippen molar-refractivity contribution in [1.82, 2.24) is 15.5 Å². The summed E-state index contributed by atoms with van der Waals surface area (Å²) in [5.41, 5.74) is 0. The number of nitrogens with zero attached hydrogens (tertiary/aromatic N) is 2. The van der Waals surface area contributed by atoms with E-state index in [4.69, 9.17) is 9.47 Å². The molecule has 1 aromatic rings. The number of likely N-dealkylation sites (N-methyl/N-ethyl adjacent to an activating group) is 1. The fourth-order valence-corrected chi connectivity index (χ4v) is 1.97. The van der Waals surface area contributed by atoms with Crippen LogP contribution in [-0.2, 0) is 4.74 Å². The third-order valence-corrected chi connectivity index (χ3v) is 3.39. The molecule has 1 aromatic carbocycles. The number of nitrogens with one attached hydrogen (secondary N) is 2. The molecule has 0 radical (unpaired) electrons. The lowest BCUT2D eigenvalue weighted by atomic mass is 10.3. The summed E-state index contributed by atoms with van der Waals surface area (Å²) in [7, 11) is 5.48. The Bertz CT molecular complexity index is 482. The van der Waals surface area contributed by atoms with Gasteiger partial charge in [-0.05, 0) is 38.2 Å². The van der Waals surface area contributed by atoms with Crippen LogP contribution in [0.2, 0.25) is 0 Å². The molecule has 0 aromatic heterocycles. The van der Waals surface area contributed by atoms with Gasteiger partial charge in [0.1, 0.15) is 17.7 Å². The molecule has 2 N–H and O–H groups in total. The molecule has 0 saturated heterocycles. The number of aliphatic imine (C=N–C) groups is 1. The molecule has 0 aliphatic heterocycles. The molecule has 0 fully saturated rings. The highest BCUT2D eigenvalue weighted by Gasteiger charge is 2.06. The molecule has 24 heavy (non-hydrogen) atoms. The van der Waals surface area contributed by atoms with Crippen LogP contribution in [0.15, 0.2) is 29.3 Å². The van der Waals surface area contributed by atoms with Gasteiger partial charge in [-0.25, -0.2) is 4.39 Å². The molecule has 1 unspecified atom stereocenters. The fraction of sp³-hybridized carbons (Fsp3) is 0.588. The molecule has 0 spiro atoms. The van der Waals surface area contributed by atoms with Crippen LogP contribution in [0.4, 0.5) is 4.39 Å². The molecular formula is C17H29FN4O2. The highest BCUT2D eigenvalue weighted by molar-refractivity contribution is 5.79. The van der Waals surface area contributed by atoms with Gasteiger partial charge in [-0.1, -0.05) is 0 Å². The quantitative estimate of drug-likeness (QED) is 0.497. The number of methoxy groups -OCH3 is 1. The number of hydrogen-bond acceptors (Lipinski definition) is 4. The second-order valence-electron chi connectivity index (χ2n) is 5.56. The summed E-state index contributed by atoms with van der Waals surface area (Å²) in [5, 5.41) is 6.47. The maximum Gasteiger partial charge on any atom is 0.191 e. The van der Waals surface area contributed by atoms with Crippen molar-refractivity contribution in [3.63, 3.8) is 0 Å². The first-order valence-electron chi connectivity index (χ1n) is 8.09. The standard InChI is InChI=1S/C17H29FN4O2/c1-14(24-16-7-5-15(18)6-8-16)13-21-17(19-2)20-9-10-22(3)11-12-23-4/h5-8,14H,9-13H2,1-4H3,(H2,19,20,21). The first-order valence-corrected chi connectivity index (χ1v) is 8.09. The minimum atomic E-state index is -0.270. The minimum Gasteiger partial charge on any atom is -0.489 e. The zero-order valence-electron chi connectivity index (χ0n) is 15.0. The van der Waals surface area contributed by atoms with Gasteiger partial charge in [0.25, 0.3) is 0 Å². The monoisotopic (exact) mass is 340 g/mol. The lowest BCUT2D eigenvalue weighted by Gasteiger charge is -2.19. The van der Waals surface area contributed by atoms with Crippen molar-refractivity contribution in [3.05, 3.63) is 30.1 Å². The SMILES string of the molecule is CN=C(NCCN(C)CCOC)NCC(C)Oc1ccc(F)cc1. The van der Waals surface area contributed by atoms with E-state index in [1.54, 1.807) is 26.3 Å². The highest BCUT2D eigenvalue weighted by Crippen LogP contribution is 2.12. The van der Waals surface area contributed by atoms with Gasteiger partial charge in [0.2, 0.25) is 0 Å². The molecule has 1 atom stereocenters. The third-order valence-electron chi connectivity index (χ3n) is 3.39. The maximum absolute atomic E-state index is 12.9. The van der Waals surface area contributed by atoms with E-state index in [-0.39, 0.29) is 11.9 Å². The lowest BCUT2D eigenvalue weighted by molar-refractivity contribution is 0.162. The van der Waals surface area contributed by atoms with Crippen LogP contribution in [0.25, 0.3) is 0 Å². The molecule has 6 nitrogen and oxygen atoms in total. The molecule has 0 saturated carbocycles. The minimum absolute atomic E-state index is 0.0709. The average Bonchev–Trinajstić information content (AvgIpc) is 2.58. The van der Waals surface area contributed by atoms with Crippen molar-refractivity contribution in [1.29, 1.82) is 0 Å². The van der Waals surface area contributed by atoms with Crippen LogP contribution in [0.1, 0.15) is 6.92 Å². The molecule has 0 heterocycles. The van der Waals surface area contributed by atoms with E-state index < -0.39 is 0 Å². The van der Waals surface area contributed by atoms with Crippen LogP contribution in [0.5, 0.6) is 5.75 Å². The van der Waals surface area contributed by atoms with E-state index in [9.17, 15) is 4.39 Å². The van der Waals surface area contributed by atoms with E-state index in [0.29, 0.717) is 12.3 Å². The number of ether oxygens (including phenoxy) is 2. The van der Waals surface area contributed by atoms with Gasteiger partial charge < -0.3 is 25.0 Å². The molecule has 0 amide bonds. The normalized spacial score (nSPS) is 13.0. The molecule has 1 rings (SSSR count). The first-order chi connectivity index (χ1) is 11.5. The average molecular weight is 340 g/mol. The smallest absolute Gasteiger partial charge is 0.191 e. The van der Waals surface area contributed by atoms with E-state index >= 15 is 0 Å². The van der Waals surface area contributed by atoms with Crippen molar-refractivity contribution < 1.29 is 13.9 Å². The van der Waals surface area contributed by atoms with E-state index in [2.05, 4.69) is 27.6 Å². The van der Waals surface area contributed by atoms with Gasteiger partial charge in [0.15, 0.2) is 5.96 Å². The Balaban J connectivity index is 2.24. The number of rotatable bonds is 10. The van der Waals surface area contributed by atoms with Crippen molar-refractivity contribution >= 4 is 5.96 Å². The van der Waals surface area contributed by atoms with Gasteiger partial charge in [-0.15, -0.1) is 0 Å². The Morgan fingerprint density at radius 3 is 2.58 bits per heavy atom. The summed E-state index contributed by atoms with van der Waals surface area (Å²) in [5.74, 6) is 1.10. The van der Waals surface area contributed by atoms with Crippen molar-refractivity contribution in [2.45, 2.75) is 13.0 Å². The number of benzene rings is 1. The Hall–Kier alpha value is -1.86. The Morgan fingerprint density at radius 1 is 1.25 bits per heavy atom. The van der Waals surface area contributed by atoms with Crippen molar-refractivity contribution in [2.24, 2.45) is 4.99 Å². The van der Waals surface area contributed by atoms with Gasteiger partial charge in [0.05, 0.1) is 13.2 Å². The second kappa shape index (κ2) is 11.6. The Kier molecular flexibility index (Phi) is 9.79. The Morgan fingerprint density at radius 2 is 1.96 bits per heavy atom. The summed E-state index contributed by atoms with van der Waals surface area (Å²) < 4.78 is 23.6. The Labute approximate surface area is 144 Å². The van der Waals surface area contributed by atoms with Crippen LogP contribution < -0.4 is 15.4 Å². The number of hydrogen-bond donors (Lipinski definition) is 2. The fourth-order valence-electron chi connectivity index (χ4n) is 1.97. The van der Waals surface area contributed by atoms with Gasteiger partial charge in [0, 0.05) is 33.8 Å². The summed E-state index contributed by atoms with van der Waals surface area (Å²) in [4.78, 5) is 6.37. The lowest BCUT2D eigenvalue weighted by Crippen LogP contribution is -2.44. The molecule has 136 valence electrons. The topological polar surface area (TPSA) is 58.1 Å². The van der Waals surface area contributed by atoms with Crippen molar-refractivity contribution in [2.75, 3.05) is 54.0 Å². The second-order valence-corrected chi connectivity index (χ2v) is 5.56. The summed E-state index contributed by atoms with van der Waals surface area (Å²) in [6.45, 7) is 5.84. The maximum atomic E-state index is 12.9. The van der Waals surface area contributed by atoms with E-state index in [1.165, 1.54) is 12.1 Å². The zero-order valence-corrected chi connectivity index (χ0v) is 15.0. The van der Waals surface area contributed by atoms with Gasteiger partial charge >= 0.3 is 0 Å². The largest absolute Gasteiger partial charge is 0.489 e. The predicted octanol–water partition coefficient (Wildman–Crippen LogP) is 1.34. The predicted molar refractivity (Wildman–Crippen MR) is 95.2 cm³/mol. The van der Waals surface area contributed by atoms with E-state index in [0.717, 1.165) is 32.2 Å². The van der Waals surface area contributed by atoms with Crippen LogP contribution in [-0.4, -0.2) is 71.0 Å². The van der Waals surface area contributed by atoms with Gasteiger partial charge in [-0.3, -0.25) is 4.99 Å². The van der Waals surface area contributed by atoms with Crippen LogP contribution in [0, 0.1) is 5.82 Å². The van der Waals surface area contributed by atoms with Crippen molar-refractivity contribution in [3.8, 4) is 5.75 Å².